The standard InChI is InChI=1S/C27H33F2N7O/c1-19(26(2,28)29)6-5-13-31-24(37)21-7-4-8-22(18-21)33-27(11-16-36(3)17-12-27)25-32-23(34-35-25)20-9-14-30-15-10-20/h4,7-10,14-15,18,33H,1,5-6,11-13,16-17H2,2-3H3,(H,31,37)(H,32,34,35). The molecule has 4 rings (SSSR count). The molecule has 0 saturated carbocycles. The fourth-order valence-corrected chi connectivity index (χ4v) is 4.37. The minimum Gasteiger partial charge on any atom is -0.373 e. The first kappa shape index (κ1) is 26.4. The zero-order chi connectivity index (χ0) is 26.5. The summed E-state index contributed by atoms with van der Waals surface area (Å²) in [6.07, 6.45) is 5.57. The molecule has 2 aromatic heterocycles. The van der Waals surface area contributed by atoms with Gasteiger partial charge in [-0.3, -0.25) is 14.9 Å². The second kappa shape index (κ2) is 11.2. The average molecular weight is 510 g/mol. The summed E-state index contributed by atoms with van der Waals surface area (Å²) in [6.45, 7) is 6.31. The Morgan fingerprint density at radius 2 is 1.95 bits per heavy atom. The van der Waals surface area contributed by atoms with Gasteiger partial charge in [-0.1, -0.05) is 12.6 Å². The van der Waals surface area contributed by atoms with E-state index in [0.717, 1.165) is 49.9 Å². The Kier molecular flexibility index (Phi) is 7.97. The SMILES string of the molecule is C=C(CCCNC(=O)c1cccc(NC2(c3nc(-c4ccncc4)n[nH]3)CCN(C)CC2)c1)C(C)(F)F. The minimum absolute atomic E-state index is 0.129. The van der Waals surface area contributed by atoms with Crippen molar-refractivity contribution in [2.75, 3.05) is 32.0 Å². The summed E-state index contributed by atoms with van der Waals surface area (Å²) < 4.78 is 26.5. The molecule has 1 saturated heterocycles. The molecular formula is C27H33F2N7O. The predicted octanol–water partition coefficient (Wildman–Crippen LogP) is 4.62. The van der Waals surface area contributed by atoms with Crippen LogP contribution in [0.3, 0.4) is 0 Å². The number of H-pyrrole nitrogens is 1. The molecule has 1 fully saturated rings. The number of nitrogens with one attached hydrogen (secondary N) is 3. The third-order valence-electron chi connectivity index (χ3n) is 6.79. The Labute approximate surface area is 215 Å². The maximum absolute atomic E-state index is 13.3. The third kappa shape index (κ3) is 6.56. The number of likely N-dealkylation sites (tertiary alicyclic amines) is 1. The van der Waals surface area contributed by atoms with E-state index in [4.69, 9.17) is 4.98 Å². The second-order valence-electron chi connectivity index (χ2n) is 9.69. The number of pyridine rings is 1. The fourth-order valence-electron chi connectivity index (χ4n) is 4.37. The number of amides is 1. The highest BCUT2D eigenvalue weighted by molar-refractivity contribution is 5.95. The lowest BCUT2D eigenvalue weighted by Crippen LogP contribution is -2.46. The summed E-state index contributed by atoms with van der Waals surface area (Å²) in [5.74, 6) is -1.81. The van der Waals surface area contributed by atoms with E-state index in [2.05, 4.69) is 44.3 Å². The zero-order valence-corrected chi connectivity index (χ0v) is 21.2. The molecule has 1 aliphatic rings. The number of piperidine rings is 1. The fraction of sp³-hybridized carbons (Fsp3) is 0.407. The third-order valence-corrected chi connectivity index (χ3v) is 6.79. The summed E-state index contributed by atoms with van der Waals surface area (Å²) in [5.41, 5.74) is 1.55. The van der Waals surface area contributed by atoms with Gasteiger partial charge in [-0.15, -0.1) is 0 Å². The summed E-state index contributed by atoms with van der Waals surface area (Å²) in [6, 6.07) is 11.0. The molecule has 1 amide bonds. The van der Waals surface area contributed by atoms with Gasteiger partial charge in [-0.25, -0.2) is 13.8 Å². The molecular weight excluding hydrogens is 476 g/mol. The predicted molar refractivity (Wildman–Crippen MR) is 139 cm³/mol. The highest BCUT2D eigenvalue weighted by Gasteiger charge is 2.39. The van der Waals surface area contributed by atoms with Crippen LogP contribution in [-0.2, 0) is 5.54 Å². The van der Waals surface area contributed by atoms with E-state index in [1.165, 1.54) is 0 Å². The monoisotopic (exact) mass is 509 g/mol. The lowest BCUT2D eigenvalue weighted by atomic mass is 9.86. The van der Waals surface area contributed by atoms with Crippen molar-refractivity contribution in [2.24, 2.45) is 0 Å². The van der Waals surface area contributed by atoms with Gasteiger partial charge in [0.2, 0.25) is 0 Å². The van der Waals surface area contributed by atoms with Gasteiger partial charge < -0.3 is 15.5 Å². The van der Waals surface area contributed by atoms with E-state index >= 15 is 0 Å². The van der Waals surface area contributed by atoms with Crippen LogP contribution < -0.4 is 10.6 Å². The summed E-state index contributed by atoms with van der Waals surface area (Å²) >= 11 is 0. The van der Waals surface area contributed by atoms with Crippen molar-refractivity contribution in [1.82, 2.24) is 30.4 Å². The Hall–Kier alpha value is -3.66. The molecule has 3 N–H and O–H groups in total. The first-order valence-electron chi connectivity index (χ1n) is 12.4. The van der Waals surface area contributed by atoms with Gasteiger partial charge in [-0.05, 0) is 68.6 Å². The van der Waals surface area contributed by atoms with Crippen molar-refractivity contribution in [3.63, 3.8) is 0 Å². The maximum atomic E-state index is 13.3. The van der Waals surface area contributed by atoms with E-state index in [1.807, 2.05) is 24.3 Å². The number of benzene rings is 1. The Balaban J connectivity index is 1.47. The summed E-state index contributed by atoms with van der Waals surface area (Å²) in [4.78, 5) is 23.9. The average Bonchev–Trinajstić information content (AvgIpc) is 3.39. The van der Waals surface area contributed by atoms with Crippen LogP contribution in [0.15, 0.2) is 60.9 Å². The molecule has 1 aliphatic heterocycles. The molecule has 8 nitrogen and oxygen atoms in total. The molecule has 1 aromatic carbocycles. The van der Waals surface area contributed by atoms with Crippen molar-refractivity contribution in [1.29, 1.82) is 0 Å². The van der Waals surface area contributed by atoms with Crippen LogP contribution in [0.4, 0.5) is 14.5 Å². The van der Waals surface area contributed by atoms with Crippen LogP contribution in [0.25, 0.3) is 11.4 Å². The number of rotatable bonds is 10. The van der Waals surface area contributed by atoms with Crippen LogP contribution >= 0.6 is 0 Å². The lowest BCUT2D eigenvalue weighted by Gasteiger charge is -2.40. The van der Waals surface area contributed by atoms with Crippen molar-refractivity contribution in [3.05, 3.63) is 72.3 Å². The number of halogens is 2. The number of carbonyl (C=O) groups excluding carboxylic acids is 1. The van der Waals surface area contributed by atoms with Gasteiger partial charge in [0.1, 0.15) is 0 Å². The van der Waals surface area contributed by atoms with Gasteiger partial charge in [0.25, 0.3) is 11.8 Å². The molecule has 196 valence electrons. The lowest BCUT2D eigenvalue weighted by molar-refractivity contribution is 0.0599. The van der Waals surface area contributed by atoms with E-state index in [1.54, 1.807) is 24.5 Å². The topological polar surface area (TPSA) is 98.8 Å². The second-order valence-corrected chi connectivity index (χ2v) is 9.69. The minimum atomic E-state index is -2.91. The Morgan fingerprint density at radius 1 is 1.22 bits per heavy atom. The van der Waals surface area contributed by atoms with Crippen LogP contribution in [0.2, 0.25) is 0 Å². The van der Waals surface area contributed by atoms with Gasteiger partial charge in [0.05, 0.1) is 5.54 Å². The van der Waals surface area contributed by atoms with Crippen molar-refractivity contribution >= 4 is 11.6 Å². The number of aromatic nitrogens is 4. The van der Waals surface area contributed by atoms with Gasteiger partial charge in [-0.2, -0.15) is 5.10 Å². The summed E-state index contributed by atoms with van der Waals surface area (Å²) in [7, 11) is 2.09. The molecule has 0 radical (unpaired) electrons. The number of hydrogen-bond donors (Lipinski definition) is 3. The first-order chi connectivity index (χ1) is 17.7. The largest absolute Gasteiger partial charge is 0.373 e. The molecule has 0 unspecified atom stereocenters. The number of anilines is 1. The van der Waals surface area contributed by atoms with E-state index in [0.29, 0.717) is 17.8 Å². The number of nitrogens with zero attached hydrogens (tertiary/aromatic N) is 4. The number of hydrogen-bond acceptors (Lipinski definition) is 6. The number of aromatic amines is 1. The van der Waals surface area contributed by atoms with Crippen LogP contribution in [0.1, 0.15) is 48.8 Å². The van der Waals surface area contributed by atoms with Crippen LogP contribution in [-0.4, -0.2) is 63.6 Å². The summed E-state index contributed by atoms with van der Waals surface area (Å²) in [5, 5.41) is 14.0. The van der Waals surface area contributed by atoms with E-state index in [-0.39, 0.29) is 24.4 Å². The normalized spacial score (nSPS) is 15.8. The number of allylic oxidation sites excluding steroid dienone is 1. The molecule has 37 heavy (non-hydrogen) atoms. The first-order valence-corrected chi connectivity index (χ1v) is 12.4. The molecule has 0 aliphatic carbocycles. The number of carbonyl (C=O) groups is 1. The Morgan fingerprint density at radius 3 is 2.65 bits per heavy atom. The number of alkyl halides is 2. The van der Waals surface area contributed by atoms with Gasteiger partial charge >= 0.3 is 0 Å². The Bertz CT molecular complexity index is 1210. The van der Waals surface area contributed by atoms with E-state index in [9.17, 15) is 13.6 Å². The smallest absolute Gasteiger partial charge is 0.266 e. The zero-order valence-electron chi connectivity index (χ0n) is 21.2. The van der Waals surface area contributed by atoms with E-state index < -0.39 is 11.5 Å². The highest BCUT2D eigenvalue weighted by atomic mass is 19.3. The molecule has 3 aromatic rings. The highest BCUT2D eigenvalue weighted by Crippen LogP contribution is 2.35. The quantitative estimate of drug-likeness (QED) is 0.273. The van der Waals surface area contributed by atoms with Crippen molar-refractivity contribution in [3.8, 4) is 11.4 Å². The maximum Gasteiger partial charge on any atom is 0.266 e. The van der Waals surface area contributed by atoms with Crippen LogP contribution in [0, 0.1) is 0 Å². The molecule has 0 spiro atoms. The molecule has 0 atom stereocenters. The van der Waals surface area contributed by atoms with Crippen molar-refractivity contribution in [2.45, 2.75) is 44.1 Å². The molecule has 0 bridgehead atoms. The molecule has 10 heteroatoms. The van der Waals surface area contributed by atoms with Crippen molar-refractivity contribution < 1.29 is 13.6 Å². The van der Waals surface area contributed by atoms with Gasteiger partial charge in [0.15, 0.2) is 11.6 Å². The van der Waals surface area contributed by atoms with Crippen LogP contribution in [0.5, 0.6) is 0 Å². The molecule has 3 heterocycles. The van der Waals surface area contributed by atoms with Gasteiger partial charge in [0, 0.05) is 55.8 Å².